The molecule has 2 aliphatic rings. The lowest BCUT2D eigenvalue weighted by atomic mass is 9.97. The van der Waals surface area contributed by atoms with E-state index in [0.29, 0.717) is 17.3 Å². The molecule has 7 nitrogen and oxygen atoms in total. The number of amides is 2. The first kappa shape index (κ1) is 15.7. The van der Waals surface area contributed by atoms with Crippen LogP contribution < -0.4 is 16.0 Å². The first-order chi connectivity index (χ1) is 12.2. The molecule has 1 fully saturated rings. The first-order valence-corrected chi connectivity index (χ1v) is 8.68. The number of hydrogen-bond donors (Lipinski definition) is 3. The zero-order valence-corrected chi connectivity index (χ0v) is 13.9. The van der Waals surface area contributed by atoms with Crippen LogP contribution in [0, 0.1) is 0 Å². The van der Waals surface area contributed by atoms with Crippen LogP contribution in [0.2, 0.25) is 0 Å². The first-order valence-electron chi connectivity index (χ1n) is 8.68. The van der Waals surface area contributed by atoms with E-state index < -0.39 is 0 Å². The van der Waals surface area contributed by atoms with E-state index in [1.165, 1.54) is 4.68 Å². The van der Waals surface area contributed by atoms with Gasteiger partial charge in [0.25, 0.3) is 5.91 Å². The van der Waals surface area contributed by atoms with Gasteiger partial charge in [0.1, 0.15) is 6.54 Å². The molecule has 2 aromatic rings. The molecule has 130 valence electrons. The van der Waals surface area contributed by atoms with Crippen molar-refractivity contribution in [1.29, 1.82) is 0 Å². The van der Waals surface area contributed by atoms with Crippen LogP contribution in [0.25, 0.3) is 0 Å². The predicted molar refractivity (Wildman–Crippen MR) is 94.6 cm³/mol. The lowest BCUT2D eigenvalue weighted by Gasteiger charge is -2.20. The van der Waals surface area contributed by atoms with Crippen LogP contribution in [0.3, 0.4) is 0 Å². The smallest absolute Gasteiger partial charge is 0.256 e. The Bertz CT molecular complexity index is 810. The molecule has 7 heteroatoms. The topological polar surface area (TPSA) is 88.1 Å². The minimum absolute atomic E-state index is 0.0494. The normalized spacial score (nSPS) is 15.8. The molecule has 4 rings (SSSR count). The van der Waals surface area contributed by atoms with Crippen molar-refractivity contribution in [3.05, 3.63) is 41.7 Å². The molecule has 2 heterocycles. The summed E-state index contributed by atoms with van der Waals surface area (Å²) in [4.78, 5) is 24.4. The van der Waals surface area contributed by atoms with Gasteiger partial charge in [0.05, 0.1) is 11.9 Å². The van der Waals surface area contributed by atoms with Gasteiger partial charge in [-0.3, -0.25) is 14.3 Å². The maximum absolute atomic E-state index is 12.6. The highest BCUT2D eigenvalue weighted by Gasteiger charge is 2.23. The molecule has 1 aliphatic carbocycles. The molecular formula is C18H21N5O2. The molecule has 0 unspecified atom stereocenters. The SMILES string of the molecule is O=C(Cn1cc(NC(=O)c2cccc3c2CCCN3)cn1)NC1CC1. The number of benzene rings is 1. The maximum Gasteiger partial charge on any atom is 0.256 e. The van der Waals surface area contributed by atoms with Crippen LogP contribution >= 0.6 is 0 Å². The summed E-state index contributed by atoms with van der Waals surface area (Å²) in [6, 6.07) is 6.06. The number of nitrogens with one attached hydrogen (secondary N) is 3. The summed E-state index contributed by atoms with van der Waals surface area (Å²) in [6.45, 7) is 1.10. The van der Waals surface area contributed by atoms with E-state index in [1.54, 1.807) is 12.4 Å². The summed E-state index contributed by atoms with van der Waals surface area (Å²) in [5.74, 6) is -0.200. The molecule has 1 aromatic carbocycles. The van der Waals surface area contributed by atoms with Crippen LogP contribution in [-0.2, 0) is 17.8 Å². The summed E-state index contributed by atoms with van der Waals surface area (Å²) in [5.41, 5.74) is 3.36. The summed E-state index contributed by atoms with van der Waals surface area (Å²) in [7, 11) is 0. The summed E-state index contributed by atoms with van der Waals surface area (Å²) in [6.07, 6.45) is 7.27. The Morgan fingerprint density at radius 1 is 1.32 bits per heavy atom. The van der Waals surface area contributed by atoms with Crippen molar-refractivity contribution in [1.82, 2.24) is 15.1 Å². The van der Waals surface area contributed by atoms with Crippen LogP contribution in [0.15, 0.2) is 30.6 Å². The third-order valence-corrected chi connectivity index (χ3v) is 4.48. The zero-order chi connectivity index (χ0) is 17.2. The standard InChI is InChI=1S/C18H21N5O2/c24-17(21-12-6-7-12)11-23-10-13(9-20-23)22-18(25)15-3-1-5-16-14(15)4-2-8-19-16/h1,3,5,9-10,12,19H,2,4,6-8,11H2,(H,21,24)(H,22,25). The van der Waals surface area contributed by atoms with Gasteiger partial charge in [0.2, 0.25) is 5.91 Å². The minimum Gasteiger partial charge on any atom is -0.385 e. The zero-order valence-electron chi connectivity index (χ0n) is 13.9. The van der Waals surface area contributed by atoms with Crippen LogP contribution in [0.1, 0.15) is 35.2 Å². The van der Waals surface area contributed by atoms with Gasteiger partial charge in [-0.05, 0) is 43.4 Å². The molecule has 0 radical (unpaired) electrons. The molecule has 0 atom stereocenters. The lowest BCUT2D eigenvalue weighted by molar-refractivity contribution is -0.122. The van der Waals surface area contributed by atoms with E-state index in [4.69, 9.17) is 0 Å². The van der Waals surface area contributed by atoms with Gasteiger partial charge < -0.3 is 16.0 Å². The predicted octanol–water partition coefficient (Wildman–Crippen LogP) is 1.77. The fraction of sp³-hybridized carbons (Fsp3) is 0.389. The van der Waals surface area contributed by atoms with Gasteiger partial charge in [-0.15, -0.1) is 0 Å². The van der Waals surface area contributed by atoms with E-state index in [1.807, 2.05) is 18.2 Å². The molecule has 2 amide bonds. The Morgan fingerprint density at radius 2 is 2.20 bits per heavy atom. The van der Waals surface area contributed by atoms with Crippen molar-refractivity contribution < 1.29 is 9.59 Å². The lowest BCUT2D eigenvalue weighted by Crippen LogP contribution is -2.29. The number of rotatable bonds is 5. The van der Waals surface area contributed by atoms with Crippen molar-refractivity contribution in [3.63, 3.8) is 0 Å². The van der Waals surface area contributed by atoms with Crippen molar-refractivity contribution in [3.8, 4) is 0 Å². The Hall–Kier alpha value is -2.83. The molecule has 0 saturated heterocycles. The Labute approximate surface area is 145 Å². The van der Waals surface area contributed by atoms with E-state index in [-0.39, 0.29) is 18.4 Å². The van der Waals surface area contributed by atoms with Crippen LogP contribution in [-0.4, -0.2) is 34.2 Å². The average Bonchev–Trinajstić information content (AvgIpc) is 3.32. The van der Waals surface area contributed by atoms with E-state index >= 15 is 0 Å². The number of aromatic nitrogens is 2. The van der Waals surface area contributed by atoms with Crippen molar-refractivity contribution in [2.24, 2.45) is 0 Å². The Morgan fingerprint density at radius 3 is 3.04 bits per heavy atom. The molecule has 1 aromatic heterocycles. The van der Waals surface area contributed by atoms with Gasteiger partial charge >= 0.3 is 0 Å². The summed E-state index contributed by atoms with van der Waals surface area (Å²) < 4.78 is 1.54. The number of carbonyl (C=O) groups excluding carboxylic acids is 2. The molecule has 3 N–H and O–H groups in total. The number of anilines is 2. The number of carbonyl (C=O) groups is 2. The van der Waals surface area contributed by atoms with Gasteiger partial charge in [0, 0.05) is 30.0 Å². The van der Waals surface area contributed by atoms with E-state index in [0.717, 1.165) is 43.5 Å². The van der Waals surface area contributed by atoms with Crippen molar-refractivity contribution in [2.45, 2.75) is 38.3 Å². The second-order valence-electron chi connectivity index (χ2n) is 6.58. The Balaban J connectivity index is 1.42. The summed E-state index contributed by atoms with van der Waals surface area (Å²) in [5, 5.41) is 13.3. The molecule has 25 heavy (non-hydrogen) atoms. The monoisotopic (exact) mass is 339 g/mol. The highest BCUT2D eigenvalue weighted by atomic mass is 16.2. The quantitative estimate of drug-likeness (QED) is 0.775. The molecule has 1 aliphatic heterocycles. The van der Waals surface area contributed by atoms with Crippen molar-refractivity contribution in [2.75, 3.05) is 17.2 Å². The summed E-state index contributed by atoms with van der Waals surface area (Å²) >= 11 is 0. The van der Waals surface area contributed by atoms with Crippen LogP contribution in [0.4, 0.5) is 11.4 Å². The Kier molecular flexibility index (Phi) is 4.13. The second-order valence-corrected chi connectivity index (χ2v) is 6.58. The number of fused-ring (bicyclic) bond motifs is 1. The second kappa shape index (κ2) is 6.58. The van der Waals surface area contributed by atoms with Gasteiger partial charge in [-0.2, -0.15) is 5.10 Å². The third-order valence-electron chi connectivity index (χ3n) is 4.48. The maximum atomic E-state index is 12.6. The van der Waals surface area contributed by atoms with Gasteiger partial charge in [-0.25, -0.2) is 0 Å². The number of nitrogens with zero attached hydrogens (tertiary/aromatic N) is 2. The van der Waals surface area contributed by atoms with Crippen LogP contribution in [0.5, 0.6) is 0 Å². The third kappa shape index (κ3) is 3.65. The molecule has 1 saturated carbocycles. The van der Waals surface area contributed by atoms with Crippen molar-refractivity contribution >= 4 is 23.2 Å². The molecular weight excluding hydrogens is 318 g/mol. The fourth-order valence-electron chi connectivity index (χ4n) is 3.08. The number of hydrogen-bond acceptors (Lipinski definition) is 4. The minimum atomic E-state index is -0.150. The highest BCUT2D eigenvalue weighted by molar-refractivity contribution is 6.06. The fourth-order valence-corrected chi connectivity index (χ4v) is 3.08. The van der Waals surface area contributed by atoms with E-state index in [2.05, 4.69) is 21.0 Å². The average molecular weight is 339 g/mol. The van der Waals surface area contributed by atoms with Gasteiger partial charge in [0.15, 0.2) is 0 Å². The largest absolute Gasteiger partial charge is 0.385 e. The van der Waals surface area contributed by atoms with E-state index in [9.17, 15) is 9.59 Å². The highest BCUT2D eigenvalue weighted by Crippen LogP contribution is 2.26. The molecule has 0 bridgehead atoms. The molecule has 0 spiro atoms. The van der Waals surface area contributed by atoms with Gasteiger partial charge in [-0.1, -0.05) is 6.07 Å².